The second-order valence-electron chi connectivity index (χ2n) is 5.96. The van der Waals surface area contributed by atoms with E-state index in [1.165, 1.54) is 11.8 Å². The zero-order chi connectivity index (χ0) is 18.9. The minimum Gasteiger partial charge on any atom is -0.466 e. The maximum absolute atomic E-state index is 12.6. The Morgan fingerprint density at radius 2 is 2.04 bits per heavy atom. The number of thiocarbonyl (C=S) groups is 1. The smallest absolute Gasteiger partial charge is 0.305 e. The molecule has 0 aliphatic carbocycles. The highest BCUT2D eigenvalue weighted by Gasteiger charge is 2.31. The predicted molar refractivity (Wildman–Crippen MR) is 111 cm³/mol. The lowest BCUT2D eigenvalue weighted by Gasteiger charge is -2.13. The number of hydrogen-bond donors (Lipinski definition) is 0. The molecule has 1 saturated heterocycles. The summed E-state index contributed by atoms with van der Waals surface area (Å²) in [7, 11) is 0. The van der Waals surface area contributed by atoms with Gasteiger partial charge >= 0.3 is 5.97 Å². The maximum atomic E-state index is 12.6. The van der Waals surface area contributed by atoms with Gasteiger partial charge in [-0.2, -0.15) is 0 Å². The SMILES string of the molecule is CCCOC(=O)CCCN1C(=O)/C(=C/C(C)=C/c2ccccc2)SC1=S. The highest BCUT2D eigenvalue weighted by molar-refractivity contribution is 8.26. The summed E-state index contributed by atoms with van der Waals surface area (Å²) in [4.78, 5) is 26.3. The summed E-state index contributed by atoms with van der Waals surface area (Å²) in [6, 6.07) is 9.95. The van der Waals surface area contributed by atoms with Gasteiger partial charge in [-0.1, -0.05) is 67.3 Å². The molecule has 1 aromatic rings. The van der Waals surface area contributed by atoms with Crippen molar-refractivity contribution in [2.75, 3.05) is 13.2 Å². The van der Waals surface area contributed by atoms with Crippen LogP contribution in [0, 0.1) is 0 Å². The van der Waals surface area contributed by atoms with E-state index in [0.29, 0.717) is 35.2 Å². The molecule has 0 bridgehead atoms. The zero-order valence-electron chi connectivity index (χ0n) is 15.1. The Bertz CT molecular complexity index is 726. The zero-order valence-corrected chi connectivity index (χ0v) is 16.7. The number of ether oxygens (including phenoxy) is 1. The molecule has 1 fully saturated rings. The molecule has 0 spiro atoms. The number of rotatable bonds is 8. The van der Waals surface area contributed by atoms with E-state index in [1.807, 2.05) is 56.3 Å². The van der Waals surface area contributed by atoms with E-state index in [1.54, 1.807) is 4.90 Å². The Morgan fingerprint density at radius 3 is 2.73 bits per heavy atom. The standard InChI is InChI=1S/C20H23NO3S2/c1-3-12-24-18(22)10-7-11-21-19(23)17(26-20(21)25)14-15(2)13-16-8-5-4-6-9-16/h4-6,8-9,13-14H,3,7,10-12H2,1-2H3/b15-13+,17-14-. The molecule has 0 atom stereocenters. The van der Waals surface area contributed by atoms with Gasteiger partial charge < -0.3 is 4.74 Å². The van der Waals surface area contributed by atoms with Crippen molar-refractivity contribution in [3.05, 3.63) is 52.4 Å². The van der Waals surface area contributed by atoms with Gasteiger partial charge in [0.2, 0.25) is 0 Å². The van der Waals surface area contributed by atoms with Crippen molar-refractivity contribution >= 4 is 46.3 Å². The van der Waals surface area contributed by atoms with Crippen LogP contribution in [-0.4, -0.2) is 34.2 Å². The predicted octanol–water partition coefficient (Wildman–Crippen LogP) is 4.57. The molecular weight excluding hydrogens is 366 g/mol. The summed E-state index contributed by atoms with van der Waals surface area (Å²) >= 11 is 6.62. The first kappa shape index (κ1) is 20.4. The van der Waals surface area contributed by atoms with Crippen molar-refractivity contribution in [3.8, 4) is 0 Å². The van der Waals surface area contributed by atoms with Crippen LogP contribution in [0.3, 0.4) is 0 Å². The van der Waals surface area contributed by atoms with Crippen LogP contribution in [-0.2, 0) is 14.3 Å². The molecule has 1 aliphatic rings. The molecule has 1 amide bonds. The van der Waals surface area contributed by atoms with E-state index in [2.05, 4.69) is 0 Å². The normalized spacial score (nSPS) is 16.5. The van der Waals surface area contributed by atoms with Gasteiger partial charge in [0.1, 0.15) is 4.32 Å². The van der Waals surface area contributed by atoms with Crippen molar-refractivity contribution in [2.24, 2.45) is 0 Å². The fourth-order valence-electron chi connectivity index (χ4n) is 2.42. The Morgan fingerprint density at radius 1 is 1.31 bits per heavy atom. The van der Waals surface area contributed by atoms with E-state index < -0.39 is 0 Å². The van der Waals surface area contributed by atoms with Crippen LogP contribution >= 0.6 is 24.0 Å². The van der Waals surface area contributed by atoms with E-state index in [-0.39, 0.29) is 11.9 Å². The van der Waals surface area contributed by atoms with Crippen LogP contribution < -0.4 is 0 Å². The minimum absolute atomic E-state index is 0.0947. The number of benzene rings is 1. The molecule has 0 radical (unpaired) electrons. The third kappa shape index (κ3) is 6.11. The second-order valence-corrected chi connectivity index (χ2v) is 7.63. The molecule has 1 aliphatic heterocycles. The topological polar surface area (TPSA) is 46.6 Å². The molecular formula is C20H23NO3S2. The van der Waals surface area contributed by atoms with E-state index >= 15 is 0 Å². The van der Waals surface area contributed by atoms with Crippen molar-refractivity contribution in [3.63, 3.8) is 0 Å². The fraction of sp³-hybridized carbons (Fsp3) is 0.350. The monoisotopic (exact) mass is 389 g/mol. The third-order valence-electron chi connectivity index (χ3n) is 3.66. The summed E-state index contributed by atoms with van der Waals surface area (Å²) in [6.45, 7) is 4.79. The number of amides is 1. The highest BCUT2D eigenvalue weighted by Crippen LogP contribution is 2.32. The van der Waals surface area contributed by atoms with Crippen molar-refractivity contribution in [1.82, 2.24) is 4.90 Å². The molecule has 4 nitrogen and oxygen atoms in total. The summed E-state index contributed by atoms with van der Waals surface area (Å²) in [6.07, 6.45) is 5.53. The van der Waals surface area contributed by atoms with Gasteiger partial charge in [-0.25, -0.2) is 0 Å². The molecule has 1 aromatic carbocycles. The molecule has 0 N–H and O–H groups in total. The van der Waals surface area contributed by atoms with Crippen molar-refractivity contribution in [1.29, 1.82) is 0 Å². The lowest BCUT2D eigenvalue weighted by atomic mass is 10.1. The van der Waals surface area contributed by atoms with Crippen LogP contribution in [0.2, 0.25) is 0 Å². The molecule has 0 aromatic heterocycles. The molecule has 1 heterocycles. The van der Waals surface area contributed by atoms with Crippen LogP contribution in [0.15, 0.2) is 46.9 Å². The first-order valence-electron chi connectivity index (χ1n) is 8.65. The largest absolute Gasteiger partial charge is 0.466 e. The van der Waals surface area contributed by atoms with Crippen LogP contribution in [0.25, 0.3) is 6.08 Å². The van der Waals surface area contributed by atoms with Gasteiger partial charge in [-0.05, 0) is 37.0 Å². The number of carbonyl (C=O) groups excluding carboxylic acids is 2. The number of hydrogen-bond acceptors (Lipinski definition) is 5. The Balaban J connectivity index is 1.93. The van der Waals surface area contributed by atoms with Crippen molar-refractivity contribution < 1.29 is 14.3 Å². The number of nitrogens with zero attached hydrogens (tertiary/aromatic N) is 1. The molecule has 0 saturated carbocycles. The Kier molecular flexibility index (Phi) is 8.06. The number of thioether (sulfide) groups is 1. The van der Waals surface area contributed by atoms with E-state index in [4.69, 9.17) is 17.0 Å². The van der Waals surface area contributed by atoms with Gasteiger partial charge in [-0.15, -0.1) is 0 Å². The third-order valence-corrected chi connectivity index (χ3v) is 5.03. The molecule has 138 valence electrons. The van der Waals surface area contributed by atoms with E-state index in [9.17, 15) is 9.59 Å². The molecule has 26 heavy (non-hydrogen) atoms. The minimum atomic E-state index is -0.227. The van der Waals surface area contributed by atoms with Gasteiger partial charge in [0, 0.05) is 13.0 Å². The van der Waals surface area contributed by atoms with Gasteiger partial charge in [-0.3, -0.25) is 14.5 Å². The average Bonchev–Trinajstić information content (AvgIpc) is 2.88. The number of allylic oxidation sites excluding steroid dienone is 2. The fourth-order valence-corrected chi connectivity index (χ4v) is 3.78. The average molecular weight is 390 g/mol. The van der Waals surface area contributed by atoms with Crippen LogP contribution in [0.4, 0.5) is 0 Å². The Labute approximate surface area is 164 Å². The van der Waals surface area contributed by atoms with Gasteiger partial charge in [0.15, 0.2) is 0 Å². The van der Waals surface area contributed by atoms with Gasteiger partial charge in [0.25, 0.3) is 5.91 Å². The van der Waals surface area contributed by atoms with Crippen molar-refractivity contribution in [2.45, 2.75) is 33.1 Å². The quantitative estimate of drug-likeness (QED) is 0.370. The lowest BCUT2D eigenvalue weighted by molar-refractivity contribution is -0.144. The number of esters is 1. The van der Waals surface area contributed by atoms with Crippen LogP contribution in [0.1, 0.15) is 38.7 Å². The lowest BCUT2D eigenvalue weighted by Crippen LogP contribution is -2.29. The second kappa shape index (κ2) is 10.3. The first-order chi connectivity index (χ1) is 12.5. The molecule has 2 rings (SSSR count). The van der Waals surface area contributed by atoms with E-state index in [0.717, 1.165) is 17.6 Å². The summed E-state index contributed by atoms with van der Waals surface area (Å²) in [5.74, 6) is -0.322. The maximum Gasteiger partial charge on any atom is 0.305 e. The number of carbonyl (C=O) groups is 2. The molecule has 6 heteroatoms. The summed E-state index contributed by atoms with van der Waals surface area (Å²) in [5, 5.41) is 0. The summed E-state index contributed by atoms with van der Waals surface area (Å²) in [5.41, 5.74) is 2.07. The van der Waals surface area contributed by atoms with Crippen LogP contribution in [0.5, 0.6) is 0 Å². The Hall–Kier alpha value is -1.92. The summed E-state index contributed by atoms with van der Waals surface area (Å²) < 4.78 is 5.58. The first-order valence-corrected chi connectivity index (χ1v) is 9.88. The highest BCUT2D eigenvalue weighted by atomic mass is 32.2. The van der Waals surface area contributed by atoms with Gasteiger partial charge in [0.05, 0.1) is 11.5 Å². The molecule has 0 unspecified atom stereocenters.